The van der Waals surface area contributed by atoms with Gasteiger partial charge in [-0.05, 0) is 56.3 Å². The van der Waals surface area contributed by atoms with Crippen LogP contribution in [0.4, 0.5) is 29.3 Å². The molecule has 2 amide bonds. The van der Waals surface area contributed by atoms with Gasteiger partial charge in [-0.25, -0.2) is 13.2 Å². The van der Waals surface area contributed by atoms with Crippen LogP contribution in [0.25, 0.3) is 0 Å². The van der Waals surface area contributed by atoms with Gasteiger partial charge in [0.25, 0.3) is 10.0 Å². The van der Waals surface area contributed by atoms with Crippen LogP contribution in [0.3, 0.4) is 0 Å². The number of urea groups is 1. The molecule has 0 aliphatic heterocycles. The fourth-order valence-corrected chi connectivity index (χ4v) is 3.45. The Hall–Kier alpha value is -2.75. The summed E-state index contributed by atoms with van der Waals surface area (Å²) < 4.78 is 65.2. The average molecular weight is 415 g/mol. The zero-order valence-electron chi connectivity index (χ0n) is 15.2. The Morgan fingerprint density at radius 2 is 1.61 bits per heavy atom. The summed E-state index contributed by atoms with van der Waals surface area (Å²) >= 11 is 0. The van der Waals surface area contributed by atoms with Gasteiger partial charge in [-0.1, -0.05) is 6.07 Å². The average Bonchev–Trinajstić information content (AvgIpc) is 2.62. The van der Waals surface area contributed by atoms with Crippen LogP contribution in [0, 0.1) is 0 Å². The lowest BCUT2D eigenvalue weighted by atomic mass is 10.2. The van der Waals surface area contributed by atoms with Gasteiger partial charge >= 0.3 is 12.2 Å². The zero-order valence-corrected chi connectivity index (χ0v) is 16.1. The number of sulfonamides is 1. The van der Waals surface area contributed by atoms with E-state index in [0.29, 0.717) is 18.8 Å². The summed E-state index contributed by atoms with van der Waals surface area (Å²) in [5, 5.41) is 2.64. The van der Waals surface area contributed by atoms with Crippen LogP contribution in [0.15, 0.2) is 53.4 Å². The molecule has 28 heavy (non-hydrogen) atoms. The van der Waals surface area contributed by atoms with Crippen molar-refractivity contribution in [3.8, 4) is 0 Å². The fraction of sp³-hybridized carbons (Fsp3) is 0.278. The number of amides is 2. The number of anilines is 2. The number of benzene rings is 2. The minimum atomic E-state index is -4.58. The first kappa shape index (κ1) is 21.5. The zero-order chi connectivity index (χ0) is 20.9. The van der Waals surface area contributed by atoms with Crippen molar-refractivity contribution in [3.63, 3.8) is 0 Å². The maximum atomic E-state index is 12.8. The summed E-state index contributed by atoms with van der Waals surface area (Å²) in [5.41, 5.74) is -0.759. The second-order valence-corrected chi connectivity index (χ2v) is 7.49. The quantitative estimate of drug-likeness (QED) is 0.735. The fourth-order valence-electron chi connectivity index (χ4n) is 2.40. The lowest BCUT2D eigenvalue weighted by Crippen LogP contribution is -2.34. The molecule has 2 aromatic carbocycles. The summed E-state index contributed by atoms with van der Waals surface area (Å²) in [7, 11) is -4.09. The summed E-state index contributed by atoms with van der Waals surface area (Å²) in [4.78, 5) is 13.4. The number of hydrogen-bond donors (Lipinski definition) is 2. The third kappa shape index (κ3) is 5.38. The number of nitrogens with one attached hydrogen (secondary N) is 2. The molecular formula is C18H20F3N3O3S. The molecule has 6 nitrogen and oxygen atoms in total. The molecule has 0 unspecified atom stereocenters. The Bertz CT molecular complexity index is 925. The van der Waals surface area contributed by atoms with E-state index in [-0.39, 0.29) is 16.6 Å². The molecule has 2 aromatic rings. The molecule has 0 bridgehead atoms. The van der Waals surface area contributed by atoms with Crippen molar-refractivity contribution < 1.29 is 26.4 Å². The number of carbonyl (C=O) groups is 1. The second-order valence-electron chi connectivity index (χ2n) is 5.81. The molecule has 10 heteroatoms. The Labute approximate surface area is 161 Å². The molecular weight excluding hydrogens is 395 g/mol. The van der Waals surface area contributed by atoms with Crippen LogP contribution >= 0.6 is 0 Å². The van der Waals surface area contributed by atoms with Gasteiger partial charge in [0.1, 0.15) is 0 Å². The SMILES string of the molecule is CCN(CC)C(=O)Nc1ccc(S(=O)(=O)Nc2cccc(C(F)(F)F)c2)cc1. The van der Waals surface area contributed by atoms with Crippen molar-refractivity contribution in [2.45, 2.75) is 24.9 Å². The Morgan fingerprint density at radius 1 is 1.00 bits per heavy atom. The van der Waals surface area contributed by atoms with E-state index in [1.807, 2.05) is 13.8 Å². The maximum Gasteiger partial charge on any atom is 0.416 e. The van der Waals surface area contributed by atoms with Crippen molar-refractivity contribution in [1.29, 1.82) is 0 Å². The largest absolute Gasteiger partial charge is 0.416 e. The van der Waals surface area contributed by atoms with Crippen molar-refractivity contribution >= 4 is 27.4 Å². The highest BCUT2D eigenvalue weighted by atomic mass is 32.2. The van der Waals surface area contributed by atoms with Crippen LogP contribution in [0.5, 0.6) is 0 Å². The lowest BCUT2D eigenvalue weighted by molar-refractivity contribution is -0.137. The summed E-state index contributed by atoms with van der Waals surface area (Å²) in [6.45, 7) is 4.71. The number of alkyl halides is 3. The molecule has 0 saturated heterocycles. The highest BCUT2D eigenvalue weighted by Gasteiger charge is 2.30. The van der Waals surface area contributed by atoms with Gasteiger partial charge in [0, 0.05) is 24.5 Å². The highest BCUT2D eigenvalue weighted by Crippen LogP contribution is 2.31. The van der Waals surface area contributed by atoms with Gasteiger partial charge in [-0.2, -0.15) is 13.2 Å². The highest BCUT2D eigenvalue weighted by molar-refractivity contribution is 7.92. The normalized spacial score (nSPS) is 11.8. The van der Waals surface area contributed by atoms with Crippen molar-refractivity contribution in [1.82, 2.24) is 4.90 Å². The first-order chi connectivity index (χ1) is 13.1. The molecule has 2 rings (SSSR count). The van der Waals surface area contributed by atoms with Crippen LogP contribution in [0.2, 0.25) is 0 Å². The Kier molecular flexibility index (Phi) is 6.55. The summed E-state index contributed by atoms with van der Waals surface area (Å²) in [6.07, 6.45) is -4.58. The lowest BCUT2D eigenvalue weighted by Gasteiger charge is -2.19. The van der Waals surface area contributed by atoms with Crippen LogP contribution < -0.4 is 10.0 Å². The number of carbonyl (C=O) groups excluding carboxylic acids is 1. The summed E-state index contributed by atoms with van der Waals surface area (Å²) in [6, 6.07) is 8.92. The Morgan fingerprint density at radius 3 is 2.14 bits per heavy atom. The predicted octanol–water partition coefficient (Wildman–Crippen LogP) is 4.38. The molecule has 0 saturated carbocycles. The third-order valence-electron chi connectivity index (χ3n) is 3.91. The van der Waals surface area contributed by atoms with E-state index in [2.05, 4.69) is 10.0 Å². The monoisotopic (exact) mass is 415 g/mol. The molecule has 152 valence electrons. The number of halogens is 3. The predicted molar refractivity (Wildman–Crippen MR) is 101 cm³/mol. The van der Waals surface area contributed by atoms with Crippen molar-refractivity contribution in [3.05, 3.63) is 54.1 Å². The number of nitrogens with zero attached hydrogens (tertiary/aromatic N) is 1. The molecule has 2 N–H and O–H groups in total. The van der Waals surface area contributed by atoms with Gasteiger partial charge in [0.15, 0.2) is 0 Å². The van der Waals surface area contributed by atoms with E-state index in [0.717, 1.165) is 18.2 Å². The van der Waals surface area contributed by atoms with Crippen molar-refractivity contribution in [2.75, 3.05) is 23.1 Å². The molecule has 0 radical (unpaired) electrons. The van der Waals surface area contributed by atoms with Gasteiger partial charge in [-0.3, -0.25) is 4.72 Å². The second kappa shape index (κ2) is 8.51. The van der Waals surface area contributed by atoms with Crippen molar-refractivity contribution in [2.24, 2.45) is 0 Å². The molecule has 0 aliphatic rings. The molecule has 0 atom stereocenters. The smallest absolute Gasteiger partial charge is 0.325 e. The van der Waals surface area contributed by atoms with E-state index in [1.165, 1.54) is 30.3 Å². The Balaban J connectivity index is 2.15. The standard InChI is InChI=1S/C18H20F3N3O3S/c1-3-24(4-2)17(25)22-14-8-10-16(11-9-14)28(26,27)23-15-7-5-6-13(12-15)18(19,20)21/h5-12,23H,3-4H2,1-2H3,(H,22,25). The maximum absolute atomic E-state index is 12.8. The molecule has 0 aromatic heterocycles. The van der Waals surface area contributed by atoms with E-state index in [1.54, 1.807) is 4.90 Å². The van der Waals surface area contributed by atoms with E-state index < -0.39 is 21.8 Å². The molecule has 0 spiro atoms. The van der Waals surface area contributed by atoms with E-state index in [9.17, 15) is 26.4 Å². The molecule has 0 fully saturated rings. The summed E-state index contributed by atoms with van der Waals surface area (Å²) in [5.74, 6) is 0. The number of rotatable bonds is 6. The van der Waals surface area contributed by atoms with E-state index >= 15 is 0 Å². The first-order valence-corrected chi connectivity index (χ1v) is 9.91. The van der Waals surface area contributed by atoms with Gasteiger partial charge < -0.3 is 10.2 Å². The molecule has 0 heterocycles. The topological polar surface area (TPSA) is 78.5 Å². The third-order valence-corrected chi connectivity index (χ3v) is 5.31. The van der Waals surface area contributed by atoms with Gasteiger partial charge in [0.2, 0.25) is 0 Å². The number of hydrogen-bond acceptors (Lipinski definition) is 3. The minimum absolute atomic E-state index is 0.147. The van der Waals surface area contributed by atoms with Crippen LogP contribution in [0.1, 0.15) is 19.4 Å². The minimum Gasteiger partial charge on any atom is -0.325 e. The van der Waals surface area contributed by atoms with E-state index in [4.69, 9.17) is 0 Å². The first-order valence-electron chi connectivity index (χ1n) is 8.43. The van der Waals surface area contributed by atoms with Gasteiger partial charge in [-0.15, -0.1) is 0 Å². The van der Waals surface area contributed by atoms with Gasteiger partial charge in [0.05, 0.1) is 10.5 Å². The van der Waals surface area contributed by atoms with Crippen LogP contribution in [-0.4, -0.2) is 32.4 Å². The van der Waals surface area contributed by atoms with Crippen LogP contribution in [-0.2, 0) is 16.2 Å². The molecule has 0 aliphatic carbocycles.